The van der Waals surface area contributed by atoms with Gasteiger partial charge in [0.15, 0.2) is 0 Å². The molecule has 3 aromatic rings. The summed E-state index contributed by atoms with van der Waals surface area (Å²) in [6, 6.07) is 10.4. The molecule has 0 atom stereocenters. The molecule has 0 saturated carbocycles. The van der Waals surface area contributed by atoms with Gasteiger partial charge in [0.2, 0.25) is 0 Å². The molecule has 2 aromatic carbocycles. The lowest BCUT2D eigenvalue weighted by Crippen LogP contribution is -2.08. The number of carbonyl (C=O) groups is 2. The molecular weight excluding hydrogens is 264 g/mol. The molecule has 0 aliphatic carbocycles. The van der Waals surface area contributed by atoms with Crippen molar-refractivity contribution in [1.29, 1.82) is 0 Å². The lowest BCUT2D eigenvalue weighted by Gasteiger charge is -2.03. The largest absolute Gasteiger partial charge is 0.478 e. The van der Waals surface area contributed by atoms with Crippen LogP contribution in [0.1, 0.15) is 20.7 Å². The molecule has 0 spiro atoms. The average Bonchev–Trinajstić information content (AvgIpc) is 2.75. The fourth-order valence-electron chi connectivity index (χ4n) is 2.22. The van der Waals surface area contributed by atoms with Crippen molar-refractivity contribution in [3.05, 3.63) is 47.5 Å². The van der Waals surface area contributed by atoms with Crippen molar-refractivity contribution in [2.45, 2.75) is 0 Å². The van der Waals surface area contributed by atoms with Crippen LogP contribution in [0.3, 0.4) is 0 Å². The highest BCUT2D eigenvalue weighted by molar-refractivity contribution is 7.25. The quantitative estimate of drug-likeness (QED) is 0.749. The van der Waals surface area contributed by atoms with Crippen molar-refractivity contribution in [3.8, 4) is 0 Å². The maximum atomic E-state index is 11.4. The fourth-order valence-corrected chi connectivity index (χ4v) is 3.33. The predicted molar refractivity (Wildman–Crippen MR) is 73.2 cm³/mol. The van der Waals surface area contributed by atoms with Gasteiger partial charge in [-0.2, -0.15) is 0 Å². The van der Waals surface area contributed by atoms with E-state index < -0.39 is 11.9 Å². The summed E-state index contributed by atoms with van der Waals surface area (Å²) in [5.41, 5.74) is -0.314. The van der Waals surface area contributed by atoms with Gasteiger partial charge in [-0.15, -0.1) is 11.3 Å². The third kappa shape index (κ3) is 1.67. The highest BCUT2D eigenvalue weighted by Gasteiger charge is 2.21. The summed E-state index contributed by atoms with van der Waals surface area (Å²) in [6.07, 6.45) is 0. The number of thiophene rings is 1. The summed E-state index contributed by atoms with van der Waals surface area (Å²) in [6.45, 7) is 0. The Labute approximate surface area is 111 Å². The Hall–Kier alpha value is -2.40. The first-order valence-corrected chi connectivity index (χ1v) is 6.32. The molecule has 0 aliphatic heterocycles. The predicted octanol–water partition coefficient (Wildman–Crippen LogP) is 3.45. The van der Waals surface area contributed by atoms with Crippen molar-refractivity contribution < 1.29 is 19.8 Å². The molecule has 19 heavy (non-hydrogen) atoms. The molecule has 0 amide bonds. The van der Waals surface area contributed by atoms with Crippen molar-refractivity contribution in [2.24, 2.45) is 0 Å². The molecule has 0 radical (unpaired) electrons. The zero-order chi connectivity index (χ0) is 13.6. The van der Waals surface area contributed by atoms with Crippen molar-refractivity contribution in [2.75, 3.05) is 0 Å². The SMILES string of the molecule is O=C(O)c1ccc2sc3ccccc3c2c1C(=O)O. The summed E-state index contributed by atoms with van der Waals surface area (Å²) < 4.78 is 1.73. The average molecular weight is 272 g/mol. The Morgan fingerprint density at radius 3 is 2.32 bits per heavy atom. The summed E-state index contributed by atoms with van der Waals surface area (Å²) in [7, 11) is 0. The van der Waals surface area contributed by atoms with Crippen LogP contribution < -0.4 is 0 Å². The van der Waals surface area contributed by atoms with E-state index in [1.165, 1.54) is 17.4 Å². The van der Waals surface area contributed by atoms with Gasteiger partial charge in [0.05, 0.1) is 11.1 Å². The van der Waals surface area contributed by atoms with Gasteiger partial charge in [0.25, 0.3) is 0 Å². The number of hydrogen-bond donors (Lipinski definition) is 2. The first-order valence-electron chi connectivity index (χ1n) is 5.50. The minimum Gasteiger partial charge on any atom is -0.478 e. The Morgan fingerprint density at radius 1 is 0.895 bits per heavy atom. The summed E-state index contributed by atoms with van der Waals surface area (Å²) in [5.74, 6) is -2.44. The van der Waals surface area contributed by atoms with E-state index in [0.29, 0.717) is 5.39 Å². The second-order valence-electron chi connectivity index (χ2n) is 4.07. The Balaban J connectivity index is 2.57. The molecule has 4 nitrogen and oxygen atoms in total. The second kappa shape index (κ2) is 4.07. The Bertz CT molecular complexity index is 832. The number of carboxylic acid groups (broad SMARTS) is 2. The number of aromatic carboxylic acids is 2. The fraction of sp³-hybridized carbons (Fsp3) is 0. The molecule has 0 unspecified atom stereocenters. The highest BCUT2D eigenvalue weighted by Crippen LogP contribution is 2.37. The number of hydrogen-bond acceptors (Lipinski definition) is 3. The zero-order valence-electron chi connectivity index (χ0n) is 9.58. The van der Waals surface area contributed by atoms with Gasteiger partial charge in [-0.25, -0.2) is 9.59 Å². The minimum absolute atomic E-state index is 0.137. The van der Waals surface area contributed by atoms with E-state index in [1.807, 2.05) is 24.3 Å². The monoisotopic (exact) mass is 272 g/mol. The van der Waals surface area contributed by atoms with Gasteiger partial charge < -0.3 is 10.2 Å². The van der Waals surface area contributed by atoms with E-state index in [9.17, 15) is 14.7 Å². The third-order valence-corrected chi connectivity index (χ3v) is 4.12. The van der Waals surface area contributed by atoms with Gasteiger partial charge in [0.1, 0.15) is 0 Å². The van der Waals surface area contributed by atoms with Crippen LogP contribution in [0, 0.1) is 0 Å². The third-order valence-electron chi connectivity index (χ3n) is 2.99. The Morgan fingerprint density at radius 2 is 1.63 bits per heavy atom. The van der Waals surface area contributed by atoms with Crippen LogP contribution >= 0.6 is 11.3 Å². The normalized spacial score (nSPS) is 10.9. The number of fused-ring (bicyclic) bond motifs is 3. The molecule has 0 fully saturated rings. The first-order chi connectivity index (χ1) is 9.09. The van der Waals surface area contributed by atoms with Crippen LogP contribution in [0.4, 0.5) is 0 Å². The first kappa shape index (κ1) is 11.7. The van der Waals surface area contributed by atoms with E-state index in [1.54, 1.807) is 6.07 Å². The van der Waals surface area contributed by atoms with Crippen LogP contribution in [0.2, 0.25) is 0 Å². The molecule has 2 N–H and O–H groups in total. The molecule has 3 rings (SSSR count). The number of carboxylic acids is 2. The number of benzene rings is 2. The van der Waals surface area contributed by atoms with Crippen LogP contribution in [0.5, 0.6) is 0 Å². The van der Waals surface area contributed by atoms with Crippen LogP contribution in [0.15, 0.2) is 36.4 Å². The van der Waals surface area contributed by atoms with Gasteiger partial charge in [-0.05, 0) is 18.2 Å². The van der Waals surface area contributed by atoms with E-state index in [2.05, 4.69) is 0 Å². The van der Waals surface area contributed by atoms with Crippen molar-refractivity contribution >= 4 is 43.4 Å². The second-order valence-corrected chi connectivity index (χ2v) is 5.15. The standard InChI is InChI=1S/C14H8O4S/c15-13(16)8-5-6-10-11(12(8)14(17)18)7-3-1-2-4-9(7)19-10/h1-6H,(H,15,16)(H,17,18). The minimum atomic E-state index is -1.23. The van der Waals surface area contributed by atoms with Gasteiger partial charge in [-0.3, -0.25) is 0 Å². The lowest BCUT2D eigenvalue weighted by molar-refractivity contribution is 0.0653. The van der Waals surface area contributed by atoms with Crippen LogP contribution in [0.25, 0.3) is 20.2 Å². The van der Waals surface area contributed by atoms with Crippen molar-refractivity contribution in [3.63, 3.8) is 0 Å². The topological polar surface area (TPSA) is 74.6 Å². The summed E-state index contributed by atoms with van der Waals surface area (Å²) >= 11 is 1.46. The van der Waals surface area contributed by atoms with Crippen molar-refractivity contribution in [1.82, 2.24) is 0 Å². The van der Waals surface area contributed by atoms with E-state index in [-0.39, 0.29) is 11.1 Å². The van der Waals surface area contributed by atoms with Crippen LogP contribution in [-0.4, -0.2) is 22.2 Å². The molecule has 5 heteroatoms. The van der Waals surface area contributed by atoms with E-state index in [0.717, 1.165) is 14.8 Å². The molecule has 1 aromatic heterocycles. The molecule has 0 aliphatic rings. The summed E-state index contributed by atoms with van der Waals surface area (Å²) in [5, 5.41) is 19.7. The molecule has 0 bridgehead atoms. The molecule has 94 valence electrons. The number of rotatable bonds is 2. The highest BCUT2D eigenvalue weighted by atomic mass is 32.1. The lowest BCUT2D eigenvalue weighted by atomic mass is 10.0. The van der Waals surface area contributed by atoms with E-state index in [4.69, 9.17) is 5.11 Å². The maximum absolute atomic E-state index is 11.4. The molecule has 1 heterocycles. The zero-order valence-corrected chi connectivity index (χ0v) is 10.4. The van der Waals surface area contributed by atoms with Gasteiger partial charge in [0, 0.05) is 20.2 Å². The maximum Gasteiger partial charge on any atom is 0.337 e. The Kier molecular flexibility index (Phi) is 2.50. The molecule has 0 saturated heterocycles. The van der Waals surface area contributed by atoms with E-state index >= 15 is 0 Å². The van der Waals surface area contributed by atoms with Crippen LogP contribution in [-0.2, 0) is 0 Å². The smallest absolute Gasteiger partial charge is 0.337 e. The van der Waals surface area contributed by atoms with Gasteiger partial charge >= 0.3 is 11.9 Å². The molecular formula is C14H8O4S. The van der Waals surface area contributed by atoms with Gasteiger partial charge in [-0.1, -0.05) is 18.2 Å². The summed E-state index contributed by atoms with van der Waals surface area (Å²) in [4.78, 5) is 22.6.